The second kappa shape index (κ2) is 9.02. The fourth-order valence-corrected chi connectivity index (χ4v) is 4.25. The molecule has 0 saturated heterocycles. The van der Waals surface area contributed by atoms with Crippen LogP contribution in [0.2, 0.25) is 12.1 Å². The first kappa shape index (κ1) is 23.2. The number of methoxy groups -OCH3 is 6. The summed E-state index contributed by atoms with van der Waals surface area (Å²) < 4.78 is 34.4. The van der Waals surface area contributed by atoms with Gasteiger partial charge in [0.1, 0.15) is 11.2 Å². The fraction of sp³-hybridized carbons (Fsp3) is 1.00. The van der Waals surface area contributed by atoms with Crippen molar-refractivity contribution in [2.45, 2.75) is 49.0 Å². The Hall–Kier alpha value is 0.154. The normalized spacial score (nSPS) is 18.8. The molecule has 0 aliphatic rings. The van der Waals surface area contributed by atoms with Crippen LogP contribution in [0, 0.1) is 0 Å². The van der Waals surface area contributed by atoms with E-state index in [4.69, 9.17) is 28.4 Å². The maximum absolute atomic E-state index is 5.74. The average Bonchev–Trinajstić information content (AvgIpc) is 2.62. The lowest BCUT2D eigenvalue weighted by Crippen LogP contribution is -2.76. The second-order valence-corrected chi connectivity index (χ2v) is 7.17. The van der Waals surface area contributed by atoms with Crippen molar-refractivity contribution in [3.8, 4) is 0 Å². The molecular weight excluding hydrogens is 334 g/mol. The van der Waals surface area contributed by atoms with Crippen LogP contribution in [-0.4, -0.2) is 86.2 Å². The summed E-state index contributed by atoms with van der Waals surface area (Å²) in [6, 6.07) is 1.54. The summed E-state index contributed by atoms with van der Waals surface area (Å²) in [5.41, 5.74) is -1.46. The summed E-state index contributed by atoms with van der Waals surface area (Å²) in [6.07, 6.45) is 0. The van der Waals surface area contributed by atoms with Crippen LogP contribution in [0.3, 0.4) is 0 Å². The predicted octanol–water partition coefficient (Wildman–Crippen LogP) is -1.15. The van der Waals surface area contributed by atoms with Gasteiger partial charge in [-0.15, -0.1) is 0 Å². The van der Waals surface area contributed by atoms with E-state index in [1.54, 1.807) is 42.7 Å². The van der Waals surface area contributed by atoms with Gasteiger partial charge in [0.25, 0.3) is 11.8 Å². The van der Waals surface area contributed by atoms with Gasteiger partial charge in [0.2, 0.25) is 0 Å². The quantitative estimate of drug-likeness (QED) is 0.344. The Kier molecular flexibility index (Phi) is 9.08. The molecule has 0 spiro atoms. The van der Waals surface area contributed by atoms with Crippen LogP contribution >= 0.6 is 0 Å². The maximum Gasteiger partial charge on any atom is 0.261 e. The van der Waals surface area contributed by atoms with Crippen LogP contribution in [0.5, 0.6) is 0 Å². The zero-order valence-corrected chi connectivity index (χ0v) is 20.4. The molecule has 0 fully saturated rings. The van der Waals surface area contributed by atoms with Crippen molar-refractivity contribution in [2.75, 3.05) is 42.7 Å². The standard InChI is InChI=1S/C14H35NO6Si2/c1-11(9-22,16-3)13(18-5,19-6)15-14(20-7,21-8)12(2,10-23)17-4/h15H,9-10H2,1-8,22-23H3. The zero-order valence-electron chi connectivity index (χ0n) is 16.4. The monoisotopic (exact) mass is 369 g/mol. The third kappa shape index (κ3) is 3.88. The van der Waals surface area contributed by atoms with E-state index in [1.807, 2.05) is 13.8 Å². The molecule has 0 aliphatic carbocycles. The minimum absolute atomic E-state index is 0.731. The molecule has 0 aromatic rings. The molecule has 0 aromatic carbocycles. The number of ether oxygens (including phenoxy) is 6. The van der Waals surface area contributed by atoms with Gasteiger partial charge in [0, 0.05) is 63.1 Å². The summed E-state index contributed by atoms with van der Waals surface area (Å²) in [4.78, 5) is 0. The third-order valence-corrected chi connectivity index (χ3v) is 7.82. The molecule has 0 heterocycles. The summed E-state index contributed by atoms with van der Waals surface area (Å²) >= 11 is 0. The lowest BCUT2D eigenvalue weighted by atomic mass is 9.98. The molecule has 2 unspecified atom stereocenters. The molecule has 1 N–H and O–H groups in total. The molecule has 0 radical (unpaired) electrons. The number of hydrogen-bond donors (Lipinski definition) is 1. The second-order valence-electron chi connectivity index (χ2n) is 5.75. The molecule has 0 saturated carbocycles. The van der Waals surface area contributed by atoms with Crippen molar-refractivity contribution in [1.29, 1.82) is 0 Å². The average molecular weight is 370 g/mol. The van der Waals surface area contributed by atoms with Crippen molar-refractivity contribution in [3.63, 3.8) is 0 Å². The molecule has 0 rings (SSSR count). The summed E-state index contributed by atoms with van der Waals surface area (Å²) in [5.74, 6) is -2.54. The molecule has 9 heteroatoms. The van der Waals surface area contributed by atoms with Crippen LogP contribution in [0.15, 0.2) is 0 Å². The topological polar surface area (TPSA) is 67.4 Å². The molecule has 0 aliphatic heterocycles. The van der Waals surface area contributed by atoms with Crippen LogP contribution in [0.1, 0.15) is 13.8 Å². The largest absolute Gasteiger partial charge is 0.372 e. The first-order valence-electron chi connectivity index (χ1n) is 7.80. The van der Waals surface area contributed by atoms with Gasteiger partial charge in [0.05, 0.1) is 0 Å². The highest BCUT2D eigenvalue weighted by molar-refractivity contribution is 6.09. The number of hydrogen-bond acceptors (Lipinski definition) is 7. The van der Waals surface area contributed by atoms with E-state index in [2.05, 4.69) is 5.32 Å². The van der Waals surface area contributed by atoms with Gasteiger partial charge < -0.3 is 28.4 Å². The van der Waals surface area contributed by atoms with Gasteiger partial charge >= 0.3 is 0 Å². The minimum Gasteiger partial charge on any atom is -0.372 e. The fourth-order valence-electron chi connectivity index (χ4n) is 2.74. The highest BCUT2D eigenvalue weighted by atomic mass is 28.1. The lowest BCUT2D eigenvalue weighted by Gasteiger charge is -2.53. The molecule has 2 atom stereocenters. The van der Waals surface area contributed by atoms with Gasteiger partial charge in [-0.05, 0) is 25.9 Å². The van der Waals surface area contributed by atoms with Gasteiger partial charge in [-0.1, -0.05) is 0 Å². The first-order chi connectivity index (χ1) is 10.7. The Morgan fingerprint density at radius 1 is 0.609 bits per heavy atom. The van der Waals surface area contributed by atoms with E-state index in [0.717, 1.165) is 32.6 Å². The van der Waals surface area contributed by atoms with Gasteiger partial charge in [-0.2, -0.15) is 0 Å². The Labute approximate surface area is 146 Å². The number of nitrogens with one attached hydrogen (secondary N) is 1. The van der Waals surface area contributed by atoms with E-state index in [9.17, 15) is 0 Å². The summed E-state index contributed by atoms with van der Waals surface area (Å²) in [6.45, 7) is 3.86. The third-order valence-electron chi connectivity index (χ3n) is 5.12. The Morgan fingerprint density at radius 2 is 0.870 bits per heavy atom. The van der Waals surface area contributed by atoms with Crippen molar-refractivity contribution < 1.29 is 28.4 Å². The van der Waals surface area contributed by atoms with E-state index in [1.165, 1.54) is 0 Å². The molecule has 7 nitrogen and oxygen atoms in total. The van der Waals surface area contributed by atoms with Crippen LogP contribution in [0.4, 0.5) is 0 Å². The van der Waals surface area contributed by atoms with Crippen molar-refractivity contribution in [1.82, 2.24) is 5.32 Å². The Balaban J connectivity index is 6.13. The lowest BCUT2D eigenvalue weighted by molar-refractivity contribution is -0.395. The summed E-state index contributed by atoms with van der Waals surface area (Å²) in [5, 5.41) is 3.27. The molecule has 0 amide bonds. The van der Waals surface area contributed by atoms with Crippen molar-refractivity contribution >= 4 is 20.5 Å². The summed E-state index contributed by atoms with van der Waals surface area (Å²) in [7, 11) is 11.3. The first-order valence-corrected chi connectivity index (χ1v) is 10.6. The minimum atomic E-state index is -1.27. The smallest absolute Gasteiger partial charge is 0.261 e. The predicted molar refractivity (Wildman–Crippen MR) is 97.0 cm³/mol. The van der Waals surface area contributed by atoms with Gasteiger partial charge in [-0.25, -0.2) is 5.32 Å². The van der Waals surface area contributed by atoms with Crippen LogP contribution < -0.4 is 5.32 Å². The highest BCUT2D eigenvalue weighted by Crippen LogP contribution is 2.38. The van der Waals surface area contributed by atoms with E-state index < -0.39 is 23.0 Å². The number of rotatable bonds is 12. The molecule has 0 aromatic heterocycles. The van der Waals surface area contributed by atoms with Crippen molar-refractivity contribution in [2.24, 2.45) is 0 Å². The van der Waals surface area contributed by atoms with E-state index >= 15 is 0 Å². The van der Waals surface area contributed by atoms with Crippen LogP contribution in [0.25, 0.3) is 0 Å². The van der Waals surface area contributed by atoms with Gasteiger partial charge in [0.15, 0.2) is 0 Å². The Morgan fingerprint density at radius 3 is 1.00 bits per heavy atom. The van der Waals surface area contributed by atoms with E-state index in [-0.39, 0.29) is 0 Å². The van der Waals surface area contributed by atoms with Gasteiger partial charge in [-0.3, -0.25) is 0 Å². The molecule has 140 valence electrons. The highest BCUT2D eigenvalue weighted by Gasteiger charge is 2.59. The van der Waals surface area contributed by atoms with E-state index in [0.29, 0.717) is 0 Å². The van der Waals surface area contributed by atoms with Crippen molar-refractivity contribution in [3.05, 3.63) is 0 Å². The zero-order chi connectivity index (χ0) is 18.4. The molecule has 0 bridgehead atoms. The molecule has 23 heavy (non-hydrogen) atoms. The molecular formula is C14H35NO6Si2. The Bertz CT molecular complexity index is 310. The van der Waals surface area contributed by atoms with Crippen LogP contribution in [-0.2, 0) is 28.4 Å². The SMILES string of the molecule is COC(C)(C[SiH3])C(NC(OC)(OC)C(C)(C[SiH3])OC)(OC)OC. The maximum atomic E-state index is 5.74.